The van der Waals surface area contributed by atoms with Crippen LogP contribution >= 0.6 is 0 Å². The third-order valence-electron chi connectivity index (χ3n) is 6.70. The molecule has 0 saturated carbocycles. The van der Waals surface area contributed by atoms with E-state index in [2.05, 4.69) is 57.9 Å². The molecule has 0 spiro atoms. The molecule has 190 valence electrons. The van der Waals surface area contributed by atoms with Crippen molar-refractivity contribution in [2.24, 2.45) is 0 Å². The summed E-state index contributed by atoms with van der Waals surface area (Å²) in [5.41, 5.74) is 5.96. The highest BCUT2D eigenvalue weighted by atomic mass is 16.5. The van der Waals surface area contributed by atoms with Crippen molar-refractivity contribution in [1.82, 2.24) is 44.9 Å². The van der Waals surface area contributed by atoms with E-state index in [1.54, 1.807) is 18.6 Å². The predicted molar refractivity (Wildman–Crippen MR) is 144 cm³/mol. The third kappa shape index (κ3) is 4.70. The smallest absolute Gasteiger partial charge is 0.180 e. The quantitative estimate of drug-likeness (QED) is 0.349. The third-order valence-corrected chi connectivity index (χ3v) is 6.70. The first-order valence-corrected chi connectivity index (χ1v) is 12.4. The largest absolute Gasteiger partial charge is 0.491 e. The highest BCUT2D eigenvalue weighted by molar-refractivity contribution is 5.95. The number of piperazine rings is 1. The van der Waals surface area contributed by atoms with Gasteiger partial charge >= 0.3 is 0 Å². The fourth-order valence-corrected chi connectivity index (χ4v) is 4.56. The topological polar surface area (TPSA) is 115 Å². The van der Waals surface area contributed by atoms with E-state index < -0.39 is 0 Å². The van der Waals surface area contributed by atoms with Gasteiger partial charge in [0.2, 0.25) is 0 Å². The van der Waals surface area contributed by atoms with Crippen LogP contribution in [0.3, 0.4) is 0 Å². The van der Waals surface area contributed by atoms with Crippen molar-refractivity contribution in [3.63, 3.8) is 0 Å². The van der Waals surface area contributed by atoms with Gasteiger partial charge in [0.25, 0.3) is 0 Å². The van der Waals surface area contributed by atoms with Crippen LogP contribution < -0.4 is 9.64 Å². The van der Waals surface area contributed by atoms with Gasteiger partial charge in [-0.1, -0.05) is 0 Å². The van der Waals surface area contributed by atoms with Gasteiger partial charge < -0.3 is 24.4 Å². The van der Waals surface area contributed by atoms with Gasteiger partial charge in [-0.2, -0.15) is 5.10 Å². The number of hydrogen-bond acceptors (Lipinski definition) is 9. The lowest BCUT2D eigenvalue weighted by atomic mass is 10.1. The maximum atomic E-state index is 5.87. The molecule has 0 amide bonds. The molecular weight excluding hydrogens is 468 g/mol. The van der Waals surface area contributed by atoms with Gasteiger partial charge in [0.1, 0.15) is 23.6 Å². The summed E-state index contributed by atoms with van der Waals surface area (Å²) in [6, 6.07) is 6.03. The van der Waals surface area contributed by atoms with Crippen molar-refractivity contribution in [2.45, 2.75) is 0 Å². The number of H-pyrrole nitrogens is 2. The average molecular weight is 499 g/mol. The molecule has 1 aliphatic heterocycles. The number of rotatable bonds is 7. The molecule has 5 aromatic heterocycles. The van der Waals surface area contributed by atoms with E-state index in [1.165, 1.54) is 0 Å². The second-order valence-electron chi connectivity index (χ2n) is 9.65. The number of ether oxygens (including phenoxy) is 1. The fraction of sp³-hybridized carbons (Fsp3) is 0.346. The first-order chi connectivity index (χ1) is 18.0. The summed E-state index contributed by atoms with van der Waals surface area (Å²) < 4.78 is 5.87. The molecule has 6 rings (SSSR count). The Hall–Kier alpha value is -4.09. The summed E-state index contributed by atoms with van der Waals surface area (Å²) in [4.78, 5) is 28.6. The van der Waals surface area contributed by atoms with Gasteiger partial charge in [-0.3, -0.25) is 15.1 Å². The van der Waals surface area contributed by atoms with E-state index in [4.69, 9.17) is 9.72 Å². The van der Waals surface area contributed by atoms with Crippen LogP contribution in [0.2, 0.25) is 0 Å². The van der Waals surface area contributed by atoms with Crippen LogP contribution in [0.5, 0.6) is 5.75 Å². The van der Waals surface area contributed by atoms with Crippen LogP contribution in [0.1, 0.15) is 0 Å². The number of fused-ring (bicyclic) bond motifs is 2. The van der Waals surface area contributed by atoms with Crippen molar-refractivity contribution < 1.29 is 4.74 Å². The number of aromatic nitrogens is 7. The van der Waals surface area contributed by atoms with Crippen molar-refractivity contribution in [3.8, 4) is 28.5 Å². The molecule has 0 unspecified atom stereocenters. The van der Waals surface area contributed by atoms with Crippen LogP contribution in [-0.2, 0) is 0 Å². The number of hydrogen-bond donors (Lipinski definition) is 2. The summed E-state index contributed by atoms with van der Waals surface area (Å²) in [6.45, 7) is 5.41. The predicted octanol–water partition coefficient (Wildman–Crippen LogP) is 2.65. The molecule has 11 nitrogen and oxygen atoms in total. The lowest BCUT2D eigenvalue weighted by Gasteiger charge is -2.34. The minimum absolute atomic E-state index is 0.590. The fourth-order valence-electron chi connectivity index (χ4n) is 4.56. The zero-order chi connectivity index (χ0) is 25.4. The highest BCUT2D eigenvalue weighted by Crippen LogP contribution is 2.32. The zero-order valence-corrected chi connectivity index (χ0v) is 21.3. The van der Waals surface area contributed by atoms with Crippen LogP contribution in [0, 0.1) is 0 Å². The van der Waals surface area contributed by atoms with E-state index >= 15 is 0 Å². The Morgan fingerprint density at radius 2 is 1.92 bits per heavy atom. The number of pyridine rings is 3. The number of aromatic amines is 2. The molecule has 1 aliphatic rings. The van der Waals surface area contributed by atoms with Crippen molar-refractivity contribution in [2.75, 3.05) is 65.4 Å². The Labute approximate surface area is 214 Å². The lowest BCUT2D eigenvalue weighted by Crippen LogP contribution is -2.44. The van der Waals surface area contributed by atoms with Gasteiger partial charge in [-0.05, 0) is 39.3 Å². The summed E-state index contributed by atoms with van der Waals surface area (Å²) >= 11 is 0. The maximum Gasteiger partial charge on any atom is 0.180 e. The van der Waals surface area contributed by atoms with Crippen LogP contribution in [0.15, 0.2) is 43.0 Å². The number of likely N-dealkylation sites (N-methyl/N-ethyl adjacent to an activating group) is 2. The molecule has 0 bridgehead atoms. The minimum atomic E-state index is 0.590. The van der Waals surface area contributed by atoms with Crippen molar-refractivity contribution >= 4 is 27.8 Å². The monoisotopic (exact) mass is 498 g/mol. The molecule has 0 atom stereocenters. The molecule has 37 heavy (non-hydrogen) atoms. The van der Waals surface area contributed by atoms with Crippen LogP contribution in [0.4, 0.5) is 5.69 Å². The van der Waals surface area contributed by atoms with E-state index in [9.17, 15) is 0 Å². The van der Waals surface area contributed by atoms with Crippen molar-refractivity contribution in [3.05, 3.63) is 43.0 Å². The van der Waals surface area contributed by atoms with E-state index in [0.29, 0.717) is 23.8 Å². The Kier molecular flexibility index (Phi) is 6.15. The first kappa shape index (κ1) is 23.3. The van der Waals surface area contributed by atoms with Crippen LogP contribution in [0.25, 0.3) is 44.8 Å². The van der Waals surface area contributed by atoms with Gasteiger partial charge in [-0.15, -0.1) is 0 Å². The molecule has 0 radical (unpaired) electrons. The molecule has 2 N–H and O–H groups in total. The molecule has 1 saturated heterocycles. The molecule has 0 aliphatic carbocycles. The second-order valence-corrected chi connectivity index (χ2v) is 9.65. The Morgan fingerprint density at radius 3 is 2.76 bits per heavy atom. The molecule has 1 fully saturated rings. The molecule has 5 aromatic rings. The van der Waals surface area contributed by atoms with Crippen molar-refractivity contribution in [1.29, 1.82) is 0 Å². The molecular formula is C26H30N10O. The second kappa shape index (κ2) is 9.75. The Bertz CT molecular complexity index is 1530. The van der Waals surface area contributed by atoms with E-state index in [-0.39, 0.29) is 0 Å². The highest BCUT2D eigenvalue weighted by Gasteiger charge is 2.20. The van der Waals surface area contributed by atoms with Gasteiger partial charge in [-0.25, -0.2) is 9.97 Å². The summed E-state index contributed by atoms with van der Waals surface area (Å²) in [7, 11) is 6.19. The number of imidazole rings is 1. The van der Waals surface area contributed by atoms with Gasteiger partial charge in [0.15, 0.2) is 11.5 Å². The van der Waals surface area contributed by atoms with E-state index in [1.807, 2.05) is 32.4 Å². The lowest BCUT2D eigenvalue weighted by molar-refractivity contribution is 0.261. The minimum Gasteiger partial charge on any atom is -0.491 e. The molecule has 6 heterocycles. The molecule has 11 heteroatoms. The normalized spacial score (nSPS) is 14.8. The Morgan fingerprint density at radius 1 is 1.05 bits per heavy atom. The number of nitrogens with one attached hydrogen (secondary N) is 2. The first-order valence-electron chi connectivity index (χ1n) is 12.4. The van der Waals surface area contributed by atoms with Gasteiger partial charge in [0.05, 0.1) is 29.3 Å². The number of nitrogens with zero attached hydrogens (tertiary/aromatic N) is 8. The maximum absolute atomic E-state index is 5.87. The van der Waals surface area contributed by atoms with Gasteiger partial charge in [0, 0.05) is 56.1 Å². The standard InChI is InChI=1S/C26H30N10O/c1-34(2)10-11-37-18-12-17(14-27-15-18)20-13-19-21(16-29-20)32-33-23(19)26-30-24-22(4-5-28-25(24)31-26)36-8-6-35(3)7-9-36/h4-5,12-16H,6-11H2,1-3H3,(H,32,33)(H,28,30,31). The number of anilines is 1. The summed E-state index contributed by atoms with van der Waals surface area (Å²) in [5, 5.41) is 8.58. The summed E-state index contributed by atoms with van der Waals surface area (Å²) in [6.07, 6.45) is 7.13. The zero-order valence-electron chi connectivity index (χ0n) is 21.3. The van der Waals surface area contributed by atoms with Crippen LogP contribution in [-0.4, -0.2) is 105 Å². The SMILES string of the molecule is CN(C)CCOc1cncc(-c2cc3c(-c4nc5nccc(N6CCN(C)CC6)c5[nH]4)n[nH]c3cn2)c1. The average Bonchev–Trinajstić information content (AvgIpc) is 3.53. The van der Waals surface area contributed by atoms with E-state index in [0.717, 1.165) is 71.8 Å². The Balaban J connectivity index is 1.33. The molecule has 0 aromatic carbocycles. The summed E-state index contributed by atoms with van der Waals surface area (Å²) in [5.74, 6) is 1.39.